The van der Waals surface area contributed by atoms with Crippen molar-refractivity contribution >= 4 is 99.7 Å². The number of rotatable bonds is 15. The first-order valence-electron chi connectivity index (χ1n) is 19.7. The number of amides is 4. The summed E-state index contributed by atoms with van der Waals surface area (Å²) in [7, 11) is -4.93. The zero-order chi connectivity index (χ0) is 43.5. The van der Waals surface area contributed by atoms with Crippen LogP contribution in [-0.2, 0) is 28.5 Å². The van der Waals surface area contributed by atoms with Gasteiger partial charge in [-0.25, -0.2) is 4.57 Å². The second-order valence-electron chi connectivity index (χ2n) is 14.8. The van der Waals surface area contributed by atoms with Crippen LogP contribution in [0.4, 0.5) is 11.4 Å². The Kier molecular flexibility index (Phi) is 12.6. The smallest absolute Gasteiger partial charge is 0.491 e. The third-order valence-corrected chi connectivity index (χ3v) is 12.1. The molecule has 3 heterocycles. The number of carbonyl (C=O) groups is 4. The highest BCUT2D eigenvalue weighted by Crippen LogP contribution is 2.49. The lowest BCUT2D eigenvalue weighted by Crippen LogP contribution is -2.33. The number of anilines is 2. The molecule has 0 saturated heterocycles. The molecule has 3 aliphatic rings. The minimum atomic E-state index is -4.93. The number of alkyl halides is 2. The molecule has 0 saturated carbocycles. The molecule has 0 aromatic heterocycles. The molecule has 16 heteroatoms. The quantitative estimate of drug-likeness (QED) is 0.0357. The van der Waals surface area contributed by atoms with Gasteiger partial charge in [0.2, 0.25) is 0 Å². The molecule has 62 heavy (non-hydrogen) atoms. The Balaban J connectivity index is 1.03. The molecule has 0 bridgehead atoms. The van der Waals surface area contributed by atoms with Gasteiger partial charge < -0.3 is 23.8 Å². The summed E-state index contributed by atoms with van der Waals surface area (Å²) in [5.41, 5.74) is 4.14. The Bertz CT molecular complexity index is 2730. The number of hydrogen-bond donors (Lipinski definition) is 2. The van der Waals surface area contributed by atoms with Crippen LogP contribution in [0.5, 0.6) is 11.5 Å². The zero-order valence-corrected chi connectivity index (χ0v) is 35.4. The molecule has 1 radical (unpaired) electrons. The molecule has 2 N–H and O–H groups in total. The first kappa shape index (κ1) is 42.9. The van der Waals surface area contributed by atoms with Crippen molar-refractivity contribution in [2.24, 2.45) is 0 Å². The third-order valence-electron chi connectivity index (χ3n) is 10.9. The number of phosphoric ester groups is 1. The van der Waals surface area contributed by atoms with Crippen LogP contribution in [0.2, 0.25) is 0 Å². The Morgan fingerprint density at radius 1 is 0.758 bits per heavy atom. The minimum Gasteiger partial charge on any atom is -0.491 e. The van der Waals surface area contributed by atoms with E-state index in [2.05, 4.69) is 6.07 Å². The van der Waals surface area contributed by atoms with E-state index in [9.17, 15) is 33.5 Å². The summed E-state index contributed by atoms with van der Waals surface area (Å²) in [6, 6.07) is 26.7. The second kappa shape index (κ2) is 18.3. The van der Waals surface area contributed by atoms with Crippen LogP contribution in [0.1, 0.15) is 34.1 Å². The van der Waals surface area contributed by atoms with Gasteiger partial charge in [0.15, 0.2) is 0 Å². The van der Waals surface area contributed by atoms with E-state index in [0.717, 1.165) is 32.5 Å². The fourth-order valence-electron chi connectivity index (χ4n) is 8.10. The highest BCUT2D eigenvalue weighted by atomic mass is 35.5. The van der Waals surface area contributed by atoms with Crippen molar-refractivity contribution in [1.82, 2.24) is 4.90 Å². The number of imide groups is 1. The Labute approximate surface area is 366 Å². The van der Waals surface area contributed by atoms with Crippen molar-refractivity contribution in [3.05, 3.63) is 131 Å². The lowest BCUT2D eigenvalue weighted by atomic mass is 9.95. The molecule has 0 fully saturated rings. The van der Waals surface area contributed by atoms with E-state index in [0.29, 0.717) is 45.8 Å². The molecule has 13 nitrogen and oxygen atoms in total. The molecular weight excluding hydrogens is 856 g/mol. The lowest BCUT2D eigenvalue weighted by molar-refractivity contribution is -0.137. The molecule has 0 unspecified atom stereocenters. The van der Waals surface area contributed by atoms with Gasteiger partial charge in [0.1, 0.15) is 18.1 Å². The molecule has 317 valence electrons. The van der Waals surface area contributed by atoms with Crippen molar-refractivity contribution < 1.29 is 47.5 Å². The fourth-order valence-corrected chi connectivity index (χ4v) is 9.01. The summed E-state index contributed by atoms with van der Waals surface area (Å²) in [4.78, 5) is 75.0. The fraction of sp³-hybridized carbons (Fsp3) is 0.217. The van der Waals surface area contributed by atoms with Crippen molar-refractivity contribution in [3.63, 3.8) is 0 Å². The maximum absolute atomic E-state index is 13.9. The average Bonchev–Trinajstić information content (AvgIpc) is 3.95. The first-order chi connectivity index (χ1) is 29.9. The minimum absolute atomic E-state index is 0.0570. The summed E-state index contributed by atoms with van der Waals surface area (Å²) < 4.78 is 28.8. The number of halogens is 2. The molecule has 0 aliphatic carbocycles. The third kappa shape index (κ3) is 8.92. The molecule has 3 aliphatic heterocycles. The first-order valence-corrected chi connectivity index (χ1v) is 22.3. The summed E-state index contributed by atoms with van der Waals surface area (Å²) in [5.74, 6) is -0.899. The van der Waals surface area contributed by atoms with E-state index in [1.54, 1.807) is 59.5 Å². The SMILES string of the molecule is O=C1C=CC(=O)N1CCOCCOc1cc(C=CC(=O)N2C[C@@H](CCl)c3c2cc(OP(=O)(O)O)c2ccccc32)ccc1C=CC(=O)N1C[C@@H](CCl)c2c1c[c]c1ccccc21. The summed E-state index contributed by atoms with van der Waals surface area (Å²) >= 11 is 12.8. The Morgan fingerprint density at radius 2 is 1.39 bits per heavy atom. The van der Waals surface area contributed by atoms with Crippen LogP contribution in [0, 0.1) is 6.07 Å². The molecule has 0 spiro atoms. The maximum Gasteiger partial charge on any atom is 0.524 e. The van der Waals surface area contributed by atoms with E-state index in [1.807, 2.05) is 30.3 Å². The van der Waals surface area contributed by atoms with Crippen LogP contribution in [0.25, 0.3) is 33.7 Å². The standard InChI is InChI=1S/C46H39Cl2N3O10P/c47-25-32-27-50(37-14-12-30-5-1-2-6-34(30)45(32)37)44(55)16-13-31-11-9-29(23-39(31)60-22-21-59-20-19-49-41(52)17-18-42(49)53)10-15-43(54)51-28-33(26-48)46-36-8-4-3-7-35(36)40(24-38(46)51)61-62(56,57)58/h1-11,13-18,23-24,32-33H,19-22,25-28H2,(H2,56,57,58)/t32-,33-/m1/s1. The number of phosphoric acid groups is 1. The van der Waals surface area contributed by atoms with Gasteiger partial charge in [-0.2, -0.15) is 0 Å². The van der Waals surface area contributed by atoms with Crippen molar-refractivity contribution in [3.8, 4) is 11.5 Å². The summed E-state index contributed by atoms with van der Waals surface area (Å²) in [6.45, 7) is 1.04. The molecule has 2 atom stereocenters. The maximum atomic E-state index is 13.9. The number of nitrogens with zero attached hydrogens (tertiary/aromatic N) is 3. The van der Waals surface area contributed by atoms with Crippen molar-refractivity contribution in [1.29, 1.82) is 0 Å². The molecule has 5 aromatic rings. The number of ether oxygens (including phenoxy) is 2. The normalized spacial score (nSPS) is 17.3. The van der Waals surface area contributed by atoms with Crippen molar-refractivity contribution in [2.45, 2.75) is 11.8 Å². The van der Waals surface area contributed by atoms with Gasteiger partial charge in [-0.3, -0.25) is 33.9 Å². The molecule has 8 rings (SSSR count). The van der Waals surface area contributed by atoms with Crippen LogP contribution >= 0.6 is 31.0 Å². The molecular formula is C46H39Cl2N3O10P. The van der Waals surface area contributed by atoms with E-state index in [4.69, 9.17) is 37.2 Å². The Morgan fingerprint density at radius 3 is 2.08 bits per heavy atom. The van der Waals surface area contributed by atoms with Gasteiger partial charge in [-0.15, -0.1) is 23.2 Å². The van der Waals surface area contributed by atoms with Gasteiger partial charge in [-0.05, 0) is 63.2 Å². The van der Waals surface area contributed by atoms with Gasteiger partial charge in [0.25, 0.3) is 23.6 Å². The largest absolute Gasteiger partial charge is 0.524 e. The van der Waals surface area contributed by atoms with Gasteiger partial charge in [-0.1, -0.05) is 60.7 Å². The monoisotopic (exact) mass is 894 g/mol. The van der Waals surface area contributed by atoms with Crippen LogP contribution in [0.15, 0.2) is 103 Å². The average molecular weight is 896 g/mol. The summed E-state index contributed by atoms with van der Waals surface area (Å²) in [6.07, 6.45) is 8.54. The number of carbonyl (C=O) groups excluding carboxylic acids is 4. The van der Waals surface area contributed by atoms with E-state index in [1.165, 1.54) is 35.3 Å². The molecule has 5 aromatic carbocycles. The number of hydrogen-bond acceptors (Lipinski definition) is 8. The number of benzene rings is 5. The highest BCUT2D eigenvalue weighted by molar-refractivity contribution is 7.46. The highest BCUT2D eigenvalue weighted by Gasteiger charge is 2.35. The predicted molar refractivity (Wildman–Crippen MR) is 238 cm³/mol. The van der Waals surface area contributed by atoms with Crippen LogP contribution in [0.3, 0.4) is 0 Å². The van der Waals surface area contributed by atoms with E-state index in [-0.39, 0.29) is 62.3 Å². The van der Waals surface area contributed by atoms with Gasteiger partial charge in [0.05, 0.1) is 25.4 Å². The second-order valence-corrected chi connectivity index (χ2v) is 16.5. The predicted octanol–water partition coefficient (Wildman–Crippen LogP) is 7.35. The van der Waals surface area contributed by atoms with Crippen LogP contribution in [-0.4, -0.2) is 89.5 Å². The Hall–Kier alpha value is -5.79. The van der Waals surface area contributed by atoms with E-state index < -0.39 is 25.5 Å². The van der Waals surface area contributed by atoms with Crippen LogP contribution < -0.4 is 19.1 Å². The zero-order valence-electron chi connectivity index (χ0n) is 33.0. The number of fused-ring (bicyclic) bond motifs is 6. The summed E-state index contributed by atoms with van der Waals surface area (Å²) in [5, 5.41) is 3.10. The topological polar surface area (TPSA) is 163 Å². The van der Waals surface area contributed by atoms with Crippen molar-refractivity contribution in [2.75, 3.05) is 61.0 Å². The molecule has 4 amide bonds. The van der Waals surface area contributed by atoms with E-state index >= 15 is 0 Å². The van der Waals surface area contributed by atoms with Gasteiger partial charge >= 0.3 is 7.82 Å². The lowest BCUT2D eigenvalue weighted by Gasteiger charge is -2.18. The van der Waals surface area contributed by atoms with Gasteiger partial charge in [0, 0.05) is 83.7 Å².